The summed E-state index contributed by atoms with van der Waals surface area (Å²) < 4.78 is 0.952. The Balaban J connectivity index is 1.89. The number of nitrogens with one attached hydrogen (secondary N) is 1. The summed E-state index contributed by atoms with van der Waals surface area (Å²) >= 11 is 9.45. The van der Waals surface area contributed by atoms with Crippen LogP contribution < -0.4 is 5.32 Å². The van der Waals surface area contributed by atoms with Gasteiger partial charge in [-0.25, -0.2) is 0 Å². The molecule has 1 fully saturated rings. The van der Waals surface area contributed by atoms with Crippen LogP contribution in [0.2, 0.25) is 5.02 Å². The SMILES string of the molecule is CC(C)C1CC(Nc2ccc(Br)c(Cl)c2)C1. The van der Waals surface area contributed by atoms with Crippen molar-refractivity contribution in [1.82, 2.24) is 0 Å². The van der Waals surface area contributed by atoms with E-state index in [1.165, 1.54) is 12.8 Å². The summed E-state index contributed by atoms with van der Waals surface area (Å²) in [5, 5.41) is 4.29. The maximum absolute atomic E-state index is 6.05. The minimum absolute atomic E-state index is 0.629. The van der Waals surface area contributed by atoms with Crippen LogP contribution >= 0.6 is 27.5 Å². The Morgan fingerprint density at radius 3 is 2.62 bits per heavy atom. The van der Waals surface area contributed by atoms with Crippen molar-refractivity contribution in [2.45, 2.75) is 32.7 Å². The molecule has 2 rings (SSSR count). The molecular weight excluding hydrogens is 286 g/mol. The van der Waals surface area contributed by atoms with Gasteiger partial charge >= 0.3 is 0 Å². The molecule has 0 aliphatic heterocycles. The highest BCUT2D eigenvalue weighted by molar-refractivity contribution is 9.10. The largest absolute Gasteiger partial charge is 0.382 e. The van der Waals surface area contributed by atoms with Crippen LogP contribution in [-0.2, 0) is 0 Å². The van der Waals surface area contributed by atoms with Gasteiger partial charge in [-0.3, -0.25) is 0 Å². The molecule has 0 amide bonds. The summed E-state index contributed by atoms with van der Waals surface area (Å²) in [7, 11) is 0. The third-order valence-electron chi connectivity index (χ3n) is 3.41. The topological polar surface area (TPSA) is 12.0 Å². The van der Waals surface area contributed by atoms with E-state index in [1.54, 1.807) is 0 Å². The predicted octanol–water partition coefficient (Wildman–Crippen LogP) is 4.95. The molecule has 0 radical (unpaired) electrons. The molecule has 0 heterocycles. The maximum atomic E-state index is 6.05. The zero-order valence-corrected chi connectivity index (χ0v) is 12.0. The monoisotopic (exact) mass is 301 g/mol. The first-order valence-electron chi connectivity index (χ1n) is 5.78. The molecule has 1 N–H and O–H groups in total. The molecule has 88 valence electrons. The first-order chi connectivity index (χ1) is 7.56. The fourth-order valence-corrected chi connectivity index (χ4v) is 2.57. The van der Waals surface area contributed by atoms with Crippen molar-refractivity contribution < 1.29 is 0 Å². The Kier molecular flexibility index (Phi) is 3.81. The third-order valence-corrected chi connectivity index (χ3v) is 4.64. The average Bonchev–Trinajstić information content (AvgIpc) is 2.15. The van der Waals surface area contributed by atoms with Crippen molar-refractivity contribution in [2.75, 3.05) is 5.32 Å². The van der Waals surface area contributed by atoms with E-state index < -0.39 is 0 Å². The van der Waals surface area contributed by atoms with E-state index in [9.17, 15) is 0 Å². The van der Waals surface area contributed by atoms with Crippen molar-refractivity contribution in [3.63, 3.8) is 0 Å². The van der Waals surface area contributed by atoms with Gasteiger partial charge in [0.2, 0.25) is 0 Å². The standard InChI is InChI=1S/C13H17BrClN/c1-8(2)9-5-11(6-9)16-10-3-4-12(14)13(15)7-10/h3-4,7-9,11,16H,5-6H2,1-2H3. The fraction of sp³-hybridized carbons (Fsp3) is 0.538. The summed E-state index contributed by atoms with van der Waals surface area (Å²) in [6, 6.07) is 6.67. The van der Waals surface area contributed by atoms with Gasteiger partial charge in [-0.05, 0) is 58.8 Å². The van der Waals surface area contributed by atoms with E-state index in [-0.39, 0.29) is 0 Å². The minimum atomic E-state index is 0.629. The second-order valence-corrected chi connectivity index (χ2v) is 6.21. The molecule has 0 saturated heterocycles. The first kappa shape index (κ1) is 12.3. The number of halogens is 2. The van der Waals surface area contributed by atoms with Crippen LogP contribution in [0.15, 0.2) is 22.7 Å². The van der Waals surface area contributed by atoms with Crippen molar-refractivity contribution in [2.24, 2.45) is 11.8 Å². The van der Waals surface area contributed by atoms with Gasteiger partial charge in [-0.2, -0.15) is 0 Å². The molecule has 1 aliphatic rings. The van der Waals surface area contributed by atoms with Crippen LogP contribution in [0.1, 0.15) is 26.7 Å². The van der Waals surface area contributed by atoms with Crippen LogP contribution in [0.4, 0.5) is 5.69 Å². The molecule has 1 aromatic carbocycles. The van der Waals surface area contributed by atoms with E-state index in [2.05, 4.69) is 41.2 Å². The molecule has 0 atom stereocenters. The summed E-state index contributed by atoms with van der Waals surface area (Å²) in [6.07, 6.45) is 2.57. The Morgan fingerprint density at radius 2 is 2.06 bits per heavy atom. The first-order valence-corrected chi connectivity index (χ1v) is 6.95. The van der Waals surface area contributed by atoms with Crippen molar-refractivity contribution in [3.05, 3.63) is 27.7 Å². The highest BCUT2D eigenvalue weighted by Crippen LogP contribution is 2.36. The molecule has 0 bridgehead atoms. The highest BCUT2D eigenvalue weighted by Gasteiger charge is 2.30. The number of hydrogen-bond acceptors (Lipinski definition) is 1. The fourth-order valence-electron chi connectivity index (χ4n) is 2.15. The van der Waals surface area contributed by atoms with Crippen LogP contribution in [0.5, 0.6) is 0 Å². The van der Waals surface area contributed by atoms with E-state index in [4.69, 9.17) is 11.6 Å². The molecule has 1 aromatic rings. The molecule has 1 nitrogen and oxygen atoms in total. The Morgan fingerprint density at radius 1 is 1.38 bits per heavy atom. The number of rotatable bonds is 3. The average molecular weight is 303 g/mol. The maximum Gasteiger partial charge on any atom is 0.0568 e. The lowest BCUT2D eigenvalue weighted by molar-refractivity contribution is 0.212. The van der Waals surface area contributed by atoms with Gasteiger partial charge in [0.15, 0.2) is 0 Å². The third kappa shape index (κ3) is 2.72. The molecule has 0 spiro atoms. The van der Waals surface area contributed by atoms with Crippen molar-refractivity contribution in [1.29, 1.82) is 0 Å². The van der Waals surface area contributed by atoms with Gasteiger partial charge in [0.05, 0.1) is 5.02 Å². The summed E-state index contributed by atoms with van der Waals surface area (Å²) in [5.74, 6) is 1.70. The number of benzene rings is 1. The van der Waals surface area contributed by atoms with Gasteiger partial charge in [-0.1, -0.05) is 25.4 Å². The molecule has 1 aliphatic carbocycles. The summed E-state index contributed by atoms with van der Waals surface area (Å²) in [6.45, 7) is 4.61. The van der Waals surface area contributed by atoms with E-state index >= 15 is 0 Å². The van der Waals surface area contributed by atoms with E-state index in [0.717, 1.165) is 27.0 Å². The quantitative estimate of drug-likeness (QED) is 0.833. The second-order valence-electron chi connectivity index (χ2n) is 4.95. The molecule has 0 aromatic heterocycles. The zero-order valence-electron chi connectivity index (χ0n) is 9.63. The van der Waals surface area contributed by atoms with Crippen LogP contribution in [0.3, 0.4) is 0 Å². The Hall–Kier alpha value is -0.210. The second kappa shape index (κ2) is 4.97. The van der Waals surface area contributed by atoms with Gasteiger partial charge in [0.1, 0.15) is 0 Å². The van der Waals surface area contributed by atoms with Gasteiger partial charge < -0.3 is 5.32 Å². The van der Waals surface area contributed by atoms with E-state index in [1.807, 2.05) is 12.1 Å². The van der Waals surface area contributed by atoms with E-state index in [0.29, 0.717) is 6.04 Å². The summed E-state index contributed by atoms with van der Waals surface area (Å²) in [4.78, 5) is 0. The van der Waals surface area contributed by atoms with Crippen molar-refractivity contribution >= 4 is 33.2 Å². The Bertz CT molecular complexity index is 372. The molecule has 0 unspecified atom stereocenters. The number of hydrogen-bond donors (Lipinski definition) is 1. The smallest absolute Gasteiger partial charge is 0.0568 e. The minimum Gasteiger partial charge on any atom is -0.382 e. The van der Waals surface area contributed by atoms with Gasteiger partial charge in [0, 0.05) is 16.2 Å². The van der Waals surface area contributed by atoms with Crippen LogP contribution in [-0.4, -0.2) is 6.04 Å². The van der Waals surface area contributed by atoms with Crippen LogP contribution in [0.25, 0.3) is 0 Å². The van der Waals surface area contributed by atoms with Gasteiger partial charge in [0.25, 0.3) is 0 Å². The highest BCUT2D eigenvalue weighted by atomic mass is 79.9. The molecule has 3 heteroatoms. The van der Waals surface area contributed by atoms with Gasteiger partial charge in [-0.15, -0.1) is 0 Å². The Labute approximate surface area is 111 Å². The predicted molar refractivity (Wildman–Crippen MR) is 74.1 cm³/mol. The molecule has 16 heavy (non-hydrogen) atoms. The van der Waals surface area contributed by atoms with Crippen LogP contribution in [0, 0.1) is 11.8 Å². The lowest BCUT2D eigenvalue weighted by Gasteiger charge is -2.39. The summed E-state index contributed by atoms with van der Waals surface area (Å²) in [5.41, 5.74) is 1.13. The number of anilines is 1. The molecule has 1 saturated carbocycles. The lowest BCUT2D eigenvalue weighted by Crippen LogP contribution is -2.37. The molecular formula is C13H17BrClN. The van der Waals surface area contributed by atoms with Crippen molar-refractivity contribution in [3.8, 4) is 0 Å². The normalized spacial score (nSPS) is 24.3. The zero-order chi connectivity index (χ0) is 11.7. The lowest BCUT2D eigenvalue weighted by atomic mass is 9.73.